The highest BCUT2D eigenvalue weighted by atomic mass is 32.2. The lowest BCUT2D eigenvalue weighted by Crippen LogP contribution is -2.38. The summed E-state index contributed by atoms with van der Waals surface area (Å²) in [5.41, 5.74) is 1.54. The third kappa shape index (κ3) is 3.84. The van der Waals surface area contributed by atoms with E-state index in [-0.39, 0.29) is 5.92 Å². The third-order valence-corrected chi connectivity index (χ3v) is 7.09. The van der Waals surface area contributed by atoms with Gasteiger partial charge in [0.1, 0.15) is 5.52 Å². The Bertz CT molecular complexity index is 1060. The number of fused-ring (bicyclic) bond motifs is 1. The summed E-state index contributed by atoms with van der Waals surface area (Å²) in [4.78, 5) is 4.79. The quantitative estimate of drug-likeness (QED) is 0.623. The van der Waals surface area contributed by atoms with Crippen molar-refractivity contribution in [2.75, 3.05) is 13.1 Å². The zero-order valence-corrected chi connectivity index (χ0v) is 16.0. The molecule has 1 saturated heterocycles. The number of piperidine rings is 1. The summed E-state index contributed by atoms with van der Waals surface area (Å²) in [6.07, 6.45) is 2.11. The Balaban J connectivity index is 1.41. The van der Waals surface area contributed by atoms with Crippen molar-refractivity contribution in [3.05, 3.63) is 54.4 Å². The number of hydrogen-bond acceptors (Lipinski definition) is 6. The van der Waals surface area contributed by atoms with Crippen molar-refractivity contribution in [1.29, 1.82) is 0 Å². The lowest BCUT2D eigenvalue weighted by molar-refractivity contribution is 0.263. The second kappa shape index (κ2) is 7.67. The molecule has 2 aromatic carbocycles. The van der Waals surface area contributed by atoms with Gasteiger partial charge in [0.05, 0.1) is 4.90 Å². The molecular weight excluding hydrogens is 379 g/mol. The fraction of sp³-hybridized carbons (Fsp3) is 0.316. The number of aromatic nitrogens is 1. The maximum absolute atomic E-state index is 12.7. The topological polar surface area (TPSA) is 104 Å². The molecule has 28 heavy (non-hydrogen) atoms. The predicted molar refractivity (Wildman–Crippen MR) is 105 cm³/mol. The van der Waals surface area contributed by atoms with Gasteiger partial charge in [-0.05, 0) is 48.5 Å². The van der Waals surface area contributed by atoms with Crippen molar-refractivity contribution in [3.63, 3.8) is 0 Å². The van der Waals surface area contributed by atoms with Crippen LogP contribution in [0.3, 0.4) is 0 Å². The Morgan fingerprint density at radius 1 is 1.11 bits per heavy atom. The third-order valence-electron chi connectivity index (χ3n) is 5.17. The van der Waals surface area contributed by atoms with Crippen LogP contribution in [-0.2, 0) is 16.4 Å². The van der Waals surface area contributed by atoms with Gasteiger partial charge in [0, 0.05) is 19.5 Å². The van der Waals surface area contributed by atoms with Crippen LogP contribution in [0.1, 0.15) is 18.7 Å². The van der Waals surface area contributed by atoms with E-state index >= 15 is 0 Å². The minimum absolute atomic E-state index is 0.290. The molecule has 0 unspecified atom stereocenters. The van der Waals surface area contributed by atoms with Gasteiger partial charge in [-0.1, -0.05) is 24.3 Å². The van der Waals surface area contributed by atoms with Gasteiger partial charge in [0.25, 0.3) is 0 Å². The Labute approximate surface area is 163 Å². The molecule has 3 aromatic rings. The number of sulfonamides is 1. The first-order valence-electron chi connectivity index (χ1n) is 9.24. The molecule has 9 heteroatoms. The van der Waals surface area contributed by atoms with E-state index < -0.39 is 17.1 Å². The van der Waals surface area contributed by atoms with Crippen molar-refractivity contribution < 1.29 is 22.9 Å². The van der Waals surface area contributed by atoms with Gasteiger partial charge in [-0.15, -0.1) is 0 Å². The molecule has 0 amide bonds. The minimum Gasteiger partial charge on any atom is -0.441 e. The first kappa shape index (κ1) is 19.1. The highest BCUT2D eigenvalue weighted by Gasteiger charge is 2.30. The Kier molecular flexibility index (Phi) is 5.24. The van der Waals surface area contributed by atoms with Crippen LogP contribution in [0.2, 0.25) is 0 Å². The number of rotatable bonds is 5. The number of nitrogens with zero attached hydrogens (tertiary/aromatic N) is 2. The Morgan fingerprint density at radius 2 is 1.82 bits per heavy atom. The summed E-state index contributed by atoms with van der Waals surface area (Å²) >= 11 is 0. The minimum atomic E-state index is -3.44. The van der Waals surface area contributed by atoms with Crippen LogP contribution < -0.4 is 5.46 Å². The molecule has 2 N–H and O–H groups in total. The van der Waals surface area contributed by atoms with Crippen molar-refractivity contribution in [2.45, 2.75) is 24.2 Å². The zero-order valence-electron chi connectivity index (χ0n) is 15.2. The number of hydrogen-bond donors (Lipinski definition) is 2. The van der Waals surface area contributed by atoms with Gasteiger partial charge in [0.15, 0.2) is 11.5 Å². The molecule has 146 valence electrons. The van der Waals surface area contributed by atoms with Gasteiger partial charge in [-0.25, -0.2) is 13.4 Å². The van der Waals surface area contributed by atoms with E-state index in [1.807, 2.05) is 0 Å². The van der Waals surface area contributed by atoms with E-state index in [0.717, 1.165) is 12.8 Å². The van der Waals surface area contributed by atoms with Gasteiger partial charge < -0.3 is 14.5 Å². The molecule has 7 nitrogen and oxygen atoms in total. The summed E-state index contributed by atoms with van der Waals surface area (Å²) in [5, 5.41) is 18.5. The second-order valence-corrected chi connectivity index (χ2v) is 9.01. The maximum atomic E-state index is 12.7. The smallest absolute Gasteiger partial charge is 0.441 e. The first-order chi connectivity index (χ1) is 13.4. The highest BCUT2D eigenvalue weighted by Crippen LogP contribution is 2.27. The van der Waals surface area contributed by atoms with E-state index in [0.29, 0.717) is 46.9 Å². The zero-order chi connectivity index (χ0) is 19.7. The summed E-state index contributed by atoms with van der Waals surface area (Å²) < 4.78 is 32.7. The summed E-state index contributed by atoms with van der Waals surface area (Å²) in [6, 6.07) is 13.4. The van der Waals surface area contributed by atoms with Crippen molar-refractivity contribution in [3.8, 4) is 0 Å². The fourth-order valence-electron chi connectivity index (χ4n) is 3.58. The molecule has 0 bridgehead atoms. The van der Waals surface area contributed by atoms with Gasteiger partial charge in [-0.2, -0.15) is 4.31 Å². The van der Waals surface area contributed by atoms with Crippen LogP contribution in [-0.4, -0.2) is 48.0 Å². The van der Waals surface area contributed by atoms with Crippen LogP contribution >= 0.6 is 0 Å². The average Bonchev–Trinajstić information content (AvgIpc) is 3.10. The molecule has 0 spiro atoms. The molecule has 0 saturated carbocycles. The SMILES string of the molecule is O=S(=O)(c1ccccc1)N1CCC(Cc2nc3ccc(B(O)O)cc3o2)CC1. The van der Waals surface area contributed by atoms with Crippen LogP contribution in [0, 0.1) is 5.92 Å². The fourth-order valence-corrected chi connectivity index (χ4v) is 5.07. The van der Waals surface area contributed by atoms with Crippen LogP contribution in [0.4, 0.5) is 0 Å². The molecule has 1 aliphatic rings. The van der Waals surface area contributed by atoms with Gasteiger partial charge in [-0.3, -0.25) is 0 Å². The van der Waals surface area contributed by atoms with Crippen LogP contribution in [0.5, 0.6) is 0 Å². The molecular formula is C19H21BN2O5S. The first-order valence-corrected chi connectivity index (χ1v) is 10.7. The molecule has 4 rings (SSSR count). The molecule has 1 aromatic heterocycles. The van der Waals surface area contributed by atoms with Gasteiger partial charge in [0.2, 0.25) is 10.0 Å². The van der Waals surface area contributed by atoms with E-state index in [9.17, 15) is 18.5 Å². The number of benzene rings is 2. The lowest BCUT2D eigenvalue weighted by atomic mass is 9.80. The molecule has 0 aliphatic carbocycles. The average molecular weight is 400 g/mol. The molecule has 1 aliphatic heterocycles. The standard InChI is InChI=1S/C19H21BN2O5S/c23-20(24)15-6-7-17-18(13-15)27-19(21-17)12-14-8-10-22(11-9-14)28(25,26)16-4-2-1-3-5-16/h1-7,13-14,23-24H,8-12H2. The lowest BCUT2D eigenvalue weighted by Gasteiger charge is -2.30. The number of oxazole rings is 1. The van der Waals surface area contributed by atoms with Crippen LogP contribution in [0.15, 0.2) is 57.8 Å². The largest absolute Gasteiger partial charge is 0.488 e. The van der Waals surface area contributed by atoms with Crippen molar-refractivity contribution in [2.24, 2.45) is 5.92 Å². The molecule has 1 fully saturated rings. The maximum Gasteiger partial charge on any atom is 0.488 e. The monoisotopic (exact) mass is 400 g/mol. The van der Waals surface area contributed by atoms with Crippen molar-refractivity contribution in [1.82, 2.24) is 9.29 Å². The van der Waals surface area contributed by atoms with E-state index in [4.69, 9.17) is 4.42 Å². The highest BCUT2D eigenvalue weighted by molar-refractivity contribution is 7.89. The molecule has 0 radical (unpaired) electrons. The van der Waals surface area contributed by atoms with E-state index in [1.165, 1.54) is 0 Å². The molecule has 0 atom stereocenters. The summed E-state index contributed by atoms with van der Waals surface area (Å²) in [5.74, 6) is 0.877. The van der Waals surface area contributed by atoms with Crippen LogP contribution in [0.25, 0.3) is 11.1 Å². The normalized spacial score (nSPS) is 16.5. The summed E-state index contributed by atoms with van der Waals surface area (Å²) in [7, 11) is -4.99. The Hall–Kier alpha value is -2.20. The van der Waals surface area contributed by atoms with E-state index in [1.54, 1.807) is 52.8 Å². The second-order valence-electron chi connectivity index (χ2n) is 7.07. The molecule has 2 heterocycles. The predicted octanol–water partition coefficient (Wildman–Crippen LogP) is 1.15. The Morgan fingerprint density at radius 3 is 2.50 bits per heavy atom. The van der Waals surface area contributed by atoms with Crippen molar-refractivity contribution >= 4 is 33.7 Å². The summed E-state index contributed by atoms with van der Waals surface area (Å²) in [6.45, 7) is 0.950. The van der Waals surface area contributed by atoms with E-state index in [2.05, 4.69) is 4.98 Å². The van der Waals surface area contributed by atoms with Gasteiger partial charge >= 0.3 is 7.12 Å².